The molecule has 0 spiro atoms. The summed E-state index contributed by atoms with van der Waals surface area (Å²) in [5.41, 5.74) is 1.10. The minimum Gasteiger partial charge on any atom is -0.480 e. The molecule has 2 rings (SSSR count). The van der Waals surface area contributed by atoms with Gasteiger partial charge >= 0.3 is 0 Å². The van der Waals surface area contributed by atoms with Crippen molar-refractivity contribution in [2.24, 2.45) is 0 Å². The van der Waals surface area contributed by atoms with Crippen LogP contribution in [0.5, 0.6) is 5.75 Å². The molecule has 0 fully saturated rings. The van der Waals surface area contributed by atoms with E-state index in [1.807, 2.05) is 24.3 Å². The maximum absolute atomic E-state index is 11.3. The minimum absolute atomic E-state index is 0.375. The summed E-state index contributed by atoms with van der Waals surface area (Å²) in [6.45, 7) is 0. The molecule has 0 bridgehead atoms. The lowest BCUT2D eigenvalue weighted by Gasteiger charge is -2.24. The second-order valence-electron chi connectivity index (χ2n) is 3.38. The van der Waals surface area contributed by atoms with Gasteiger partial charge in [-0.1, -0.05) is 18.2 Å². The van der Waals surface area contributed by atoms with Crippen LogP contribution in [0.4, 0.5) is 0 Å². The zero-order valence-electron chi connectivity index (χ0n) is 8.10. The van der Waals surface area contributed by atoms with E-state index in [-0.39, 0.29) is 5.91 Å². The summed E-state index contributed by atoms with van der Waals surface area (Å²) >= 11 is 0. The first-order valence-electron chi connectivity index (χ1n) is 4.80. The molecule has 4 heteroatoms. The van der Waals surface area contributed by atoms with Crippen molar-refractivity contribution in [3.8, 4) is 5.75 Å². The van der Waals surface area contributed by atoms with Crippen molar-refractivity contribution in [2.45, 2.75) is 18.9 Å². The molecule has 1 aromatic carbocycles. The van der Waals surface area contributed by atoms with Gasteiger partial charge < -0.3 is 4.74 Å². The van der Waals surface area contributed by atoms with Gasteiger partial charge in [-0.3, -0.25) is 14.9 Å². The number of hydrogen-bond donors (Lipinski definition) is 1. The number of amides is 2. The lowest BCUT2D eigenvalue weighted by atomic mass is 10.0. The van der Waals surface area contributed by atoms with Gasteiger partial charge in [-0.25, -0.2) is 0 Å². The highest BCUT2D eigenvalue weighted by Crippen LogP contribution is 2.26. The maximum atomic E-state index is 11.3. The van der Waals surface area contributed by atoms with Crippen molar-refractivity contribution < 1.29 is 14.3 Å². The van der Waals surface area contributed by atoms with Gasteiger partial charge in [0.1, 0.15) is 5.75 Å². The Hall–Kier alpha value is -1.84. The predicted molar refractivity (Wildman–Crippen MR) is 53.4 cm³/mol. The topological polar surface area (TPSA) is 55.4 Å². The van der Waals surface area contributed by atoms with Crippen LogP contribution >= 0.6 is 0 Å². The van der Waals surface area contributed by atoms with Crippen LogP contribution in [0.15, 0.2) is 24.3 Å². The zero-order chi connectivity index (χ0) is 10.7. The molecule has 1 heterocycles. The number of para-hydroxylation sites is 1. The molecule has 1 aliphatic rings. The van der Waals surface area contributed by atoms with Crippen LogP contribution in [0.1, 0.15) is 12.0 Å². The summed E-state index contributed by atoms with van der Waals surface area (Å²) < 4.78 is 5.48. The number of hydrogen-bond acceptors (Lipinski definition) is 3. The van der Waals surface area contributed by atoms with Crippen molar-refractivity contribution in [1.82, 2.24) is 5.32 Å². The van der Waals surface area contributed by atoms with Gasteiger partial charge in [-0.2, -0.15) is 0 Å². The second-order valence-corrected chi connectivity index (χ2v) is 3.38. The van der Waals surface area contributed by atoms with E-state index < -0.39 is 6.10 Å². The molecular formula is C11H11NO3. The zero-order valence-corrected chi connectivity index (χ0v) is 8.10. The third kappa shape index (κ3) is 1.98. The Labute approximate surface area is 87.2 Å². The largest absolute Gasteiger partial charge is 0.480 e. The fraction of sp³-hybridized carbons (Fsp3) is 0.273. The number of carbonyl (C=O) groups is 2. The van der Waals surface area contributed by atoms with E-state index in [2.05, 4.69) is 5.32 Å². The Balaban J connectivity index is 2.11. The van der Waals surface area contributed by atoms with Crippen LogP contribution in [-0.2, 0) is 16.0 Å². The fourth-order valence-corrected chi connectivity index (χ4v) is 1.66. The molecule has 78 valence electrons. The SMILES string of the molecule is O=CNC(=O)C1CCc2ccccc2O1. The third-order valence-corrected chi connectivity index (χ3v) is 2.41. The summed E-state index contributed by atoms with van der Waals surface area (Å²) in [5.74, 6) is 0.356. The Kier molecular flexibility index (Phi) is 2.67. The maximum Gasteiger partial charge on any atom is 0.267 e. The van der Waals surface area contributed by atoms with Crippen LogP contribution < -0.4 is 10.1 Å². The fourth-order valence-electron chi connectivity index (χ4n) is 1.66. The lowest BCUT2D eigenvalue weighted by Crippen LogP contribution is -2.39. The standard InChI is InChI=1S/C11H11NO3/c13-7-12-11(14)10-6-5-8-3-1-2-4-9(8)15-10/h1-4,7,10H,5-6H2,(H,12,13,14). The number of rotatable bonds is 2. The molecule has 1 aliphatic heterocycles. The number of benzene rings is 1. The lowest BCUT2D eigenvalue weighted by molar-refractivity contribution is -0.131. The Bertz CT molecular complexity index is 389. The van der Waals surface area contributed by atoms with Crippen LogP contribution in [0.2, 0.25) is 0 Å². The van der Waals surface area contributed by atoms with E-state index in [1.165, 1.54) is 0 Å². The number of aryl methyl sites for hydroxylation is 1. The molecular weight excluding hydrogens is 194 g/mol. The van der Waals surface area contributed by atoms with Crippen molar-refractivity contribution in [3.05, 3.63) is 29.8 Å². The van der Waals surface area contributed by atoms with Crippen LogP contribution in [0.3, 0.4) is 0 Å². The average Bonchev–Trinajstić information content (AvgIpc) is 2.29. The van der Waals surface area contributed by atoms with E-state index in [9.17, 15) is 9.59 Å². The van der Waals surface area contributed by atoms with E-state index in [0.29, 0.717) is 12.8 Å². The molecule has 0 aliphatic carbocycles. The van der Waals surface area contributed by atoms with Gasteiger partial charge in [0.05, 0.1) is 0 Å². The molecule has 2 amide bonds. The third-order valence-electron chi connectivity index (χ3n) is 2.41. The number of fused-ring (bicyclic) bond motifs is 1. The first-order valence-corrected chi connectivity index (χ1v) is 4.80. The molecule has 1 N–H and O–H groups in total. The molecule has 0 radical (unpaired) electrons. The Morgan fingerprint density at radius 1 is 1.47 bits per heavy atom. The van der Waals surface area contributed by atoms with Gasteiger partial charge in [0, 0.05) is 0 Å². The molecule has 15 heavy (non-hydrogen) atoms. The van der Waals surface area contributed by atoms with Gasteiger partial charge in [-0.15, -0.1) is 0 Å². The quantitative estimate of drug-likeness (QED) is 0.721. The highest BCUT2D eigenvalue weighted by atomic mass is 16.5. The van der Waals surface area contributed by atoms with Crippen molar-refractivity contribution in [1.29, 1.82) is 0 Å². The van der Waals surface area contributed by atoms with Crippen LogP contribution in [0.25, 0.3) is 0 Å². The van der Waals surface area contributed by atoms with E-state index in [4.69, 9.17) is 4.74 Å². The van der Waals surface area contributed by atoms with Crippen LogP contribution in [-0.4, -0.2) is 18.4 Å². The summed E-state index contributed by atoms with van der Waals surface area (Å²) in [7, 11) is 0. The molecule has 0 aromatic heterocycles. The molecule has 0 saturated heterocycles. The van der Waals surface area contributed by atoms with Gasteiger partial charge in [0.25, 0.3) is 5.91 Å². The number of carbonyl (C=O) groups excluding carboxylic acids is 2. The molecule has 1 aromatic rings. The van der Waals surface area contributed by atoms with E-state index in [0.717, 1.165) is 17.7 Å². The molecule has 0 saturated carbocycles. The highest BCUT2D eigenvalue weighted by Gasteiger charge is 2.25. The minimum atomic E-state index is -0.551. The first kappa shape index (κ1) is 9.71. The average molecular weight is 205 g/mol. The second kappa shape index (κ2) is 4.13. The Morgan fingerprint density at radius 3 is 3.07 bits per heavy atom. The number of ether oxygens (including phenoxy) is 1. The predicted octanol–water partition coefficient (Wildman–Crippen LogP) is 0.653. The van der Waals surface area contributed by atoms with Crippen molar-refractivity contribution >= 4 is 12.3 Å². The summed E-state index contributed by atoms with van der Waals surface area (Å²) in [5, 5.41) is 2.10. The molecule has 1 unspecified atom stereocenters. The van der Waals surface area contributed by atoms with Gasteiger partial charge in [-0.05, 0) is 24.5 Å². The Morgan fingerprint density at radius 2 is 2.27 bits per heavy atom. The molecule has 4 nitrogen and oxygen atoms in total. The van der Waals surface area contributed by atoms with E-state index in [1.54, 1.807) is 0 Å². The summed E-state index contributed by atoms with van der Waals surface area (Å²) in [6.07, 6.45) is 1.24. The monoisotopic (exact) mass is 205 g/mol. The smallest absolute Gasteiger partial charge is 0.267 e. The van der Waals surface area contributed by atoms with Crippen LogP contribution in [0, 0.1) is 0 Å². The summed E-state index contributed by atoms with van der Waals surface area (Å²) in [4.78, 5) is 21.5. The van der Waals surface area contributed by atoms with Gasteiger partial charge in [0.15, 0.2) is 6.10 Å². The highest BCUT2D eigenvalue weighted by molar-refractivity contribution is 5.89. The van der Waals surface area contributed by atoms with Crippen molar-refractivity contribution in [3.63, 3.8) is 0 Å². The number of imide groups is 1. The summed E-state index contributed by atoms with van der Waals surface area (Å²) in [6, 6.07) is 7.60. The molecule has 1 atom stereocenters. The first-order chi connectivity index (χ1) is 7.31. The van der Waals surface area contributed by atoms with Gasteiger partial charge in [0.2, 0.25) is 6.41 Å². The normalized spacial score (nSPS) is 18.5. The van der Waals surface area contributed by atoms with E-state index >= 15 is 0 Å². The van der Waals surface area contributed by atoms with Crippen molar-refractivity contribution in [2.75, 3.05) is 0 Å². The number of nitrogens with one attached hydrogen (secondary N) is 1.